The predicted molar refractivity (Wildman–Crippen MR) is 71.3 cm³/mol. The van der Waals surface area contributed by atoms with Gasteiger partial charge in [0.25, 0.3) is 5.91 Å². The summed E-state index contributed by atoms with van der Waals surface area (Å²) in [4.78, 5) is 26.5. The smallest absolute Gasteiger partial charge is 0.270 e. The molecule has 0 saturated heterocycles. The van der Waals surface area contributed by atoms with E-state index in [1.54, 1.807) is 5.38 Å². The lowest BCUT2D eigenvalue weighted by molar-refractivity contribution is -0.114. The molecule has 19 heavy (non-hydrogen) atoms. The number of hydrogen-bond acceptors (Lipinski definition) is 6. The Kier molecular flexibility index (Phi) is 6.40. The highest BCUT2D eigenvalue weighted by molar-refractivity contribution is 7.14. The molecule has 0 fully saturated rings. The highest BCUT2D eigenvalue weighted by Crippen LogP contribution is 2.14. The molecule has 0 aliphatic carbocycles. The topological polar surface area (TPSA) is 101 Å². The van der Waals surface area contributed by atoms with Crippen LogP contribution in [0.3, 0.4) is 0 Å². The van der Waals surface area contributed by atoms with Gasteiger partial charge in [-0.25, -0.2) is 4.98 Å². The average molecular weight is 287 g/mol. The van der Waals surface area contributed by atoms with Gasteiger partial charge in [0, 0.05) is 26.0 Å². The Morgan fingerprint density at radius 2 is 2.32 bits per heavy atom. The van der Waals surface area contributed by atoms with Crippen molar-refractivity contribution >= 4 is 28.3 Å². The normalized spacial score (nSPS) is 11.9. The third-order valence-electron chi connectivity index (χ3n) is 2.14. The van der Waals surface area contributed by atoms with Gasteiger partial charge in [0.2, 0.25) is 5.91 Å². The number of aliphatic hydroxyl groups is 1. The Morgan fingerprint density at radius 3 is 2.95 bits per heavy atom. The number of aliphatic hydroxyl groups excluding tert-OH is 1. The molecule has 1 rings (SSSR count). The highest BCUT2D eigenvalue weighted by atomic mass is 32.1. The number of thiazole rings is 1. The van der Waals surface area contributed by atoms with Crippen molar-refractivity contribution < 1.29 is 19.4 Å². The van der Waals surface area contributed by atoms with Crippen LogP contribution in [0.1, 0.15) is 23.8 Å². The van der Waals surface area contributed by atoms with Gasteiger partial charge in [-0.1, -0.05) is 0 Å². The van der Waals surface area contributed by atoms with Gasteiger partial charge in [0.15, 0.2) is 5.13 Å². The van der Waals surface area contributed by atoms with Crippen molar-refractivity contribution in [3.63, 3.8) is 0 Å². The molecule has 3 N–H and O–H groups in total. The Labute approximate surface area is 115 Å². The second kappa shape index (κ2) is 7.82. The van der Waals surface area contributed by atoms with E-state index in [-0.39, 0.29) is 24.1 Å². The third kappa shape index (κ3) is 5.77. The summed E-state index contributed by atoms with van der Waals surface area (Å²) >= 11 is 1.18. The van der Waals surface area contributed by atoms with Gasteiger partial charge in [-0.2, -0.15) is 0 Å². The molecule has 0 radical (unpaired) electrons. The van der Waals surface area contributed by atoms with Crippen molar-refractivity contribution in [1.29, 1.82) is 0 Å². The van der Waals surface area contributed by atoms with Crippen LogP contribution in [0.15, 0.2) is 5.38 Å². The van der Waals surface area contributed by atoms with E-state index in [9.17, 15) is 14.7 Å². The van der Waals surface area contributed by atoms with E-state index in [2.05, 4.69) is 15.6 Å². The summed E-state index contributed by atoms with van der Waals surface area (Å²) in [6.45, 7) is 1.94. The Hall–Kier alpha value is -1.51. The minimum absolute atomic E-state index is 0.232. The van der Waals surface area contributed by atoms with Gasteiger partial charge >= 0.3 is 0 Å². The lowest BCUT2D eigenvalue weighted by atomic mass is 10.2. The number of nitrogens with zero attached hydrogens (tertiary/aromatic N) is 1. The summed E-state index contributed by atoms with van der Waals surface area (Å²) in [6, 6.07) is 0. The lowest BCUT2D eigenvalue weighted by Crippen LogP contribution is -2.28. The molecular weight excluding hydrogens is 270 g/mol. The molecule has 0 aliphatic rings. The molecular formula is C11H17N3O4S. The fourth-order valence-electron chi connectivity index (χ4n) is 1.30. The summed E-state index contributed by atoms with van der Waals surface area (Å²) in [5, 5.41) is 16.5. The first-order chi connectivity index (χ1) is 9.02. The zero-order chi connectivity index (χ0) is 14.3. The SMILES string of the molecule is COCC(O)CCNC(=O)c1csc(NC(C)=O)n1. The molecule has 2 amide bonds. The largest absolute Gasteiger partial charge is 0.391 e. The maximum absolute atomic E-state index is 11.7. The maximum atomic E-state index is 11.7. The van der Waals surface area contributed by atoms with Crippen molar-refractivity contribution in [2.45, 2.75) is 19.4 Å². The van der Waals surface area contributed by atoms with E-state index in [1.165, 1.54) is 25.4 Å². The average Bonchev–Trinajstić information content (AvgIpc) is 2.77. The standard InChI is InChI=1S/C11H17N3O4S/c1-7(15)13-11-14-9(6-19-11)10(17)12-4-3-8(16)5-18-2/h6,8,16H,3-5H2,1-2H3,(H,12,17)(H,13,14,15). The van der Waals surface area contributed by atoms with Crippen LogP contribution < -0.4 is 10.6 Å². The molecule has 0 aliphatic heterocycles. The van der Waals surface area contributed by atoms with Crippen LogP contribution >= 0.6 is 11.3 Å². The molecule has 8 heteroatoms. The summed E-state index contributed by atoms with van der Waals surface area (Å²) in [7, 11) is 1.50. The van der Waals surface area contributed by atoms with Crippen LogP contribution in [0, 0.1) is 0 Å². The monoisotopic (exact) mass is 287 g/mol. The predicted octanol–water partition coefficient (Wildman–Crippen LogP) is 0.229. The van der Waals surface area contributed by atoms with Crippen molar-refractivity contribution in [2.75, 3.05) is 25.6 Å². The molecule has 1 aromatic heterocycles. The highest BCUT2D eigenvalue weighted by Gasteiger charge is 2.11. The van der Waals surface area contributed by atoms with Crippen LogP contribution in [0.2, 0.25) is 0 Å². The van der Waals surface area contributed by atoms with Gasteiger partial charge in [-0.15, -0.1) is 11.3 Å². The number of carbonyl (C=O) groups excluding carboxylic acids is 2. The molecule has 1 unspecified atom stereocenters. The minimum atomic E-state index is -0.601. The van der Waals surface area contributed by atoms with Crippen LogP contribution in [0.25, 0.3) is 0 Å². The van der Waals surface area contributed by atoms with Crippen molar-refractivity contribution in [3.05, 3.63) is 11.1 Å². The van der Waals surface area contributed by atoms with Gasteiger partial charge in [0.1, 0.15) is 5.69 Å². The second-order valence-electron chi connectivity index (χ2n) is 3.87. The number of hydrogen-bond donors (Lipinski definition) is 3. The first-order valence-corrected chi connectivity index (χ1v) is 6.59. The molecule has 0 bridgehead atoms. The van der Waals surface area contributed by atoms with Crippen LogP contribution in [0.5, 0.6) is 0 Å². The van der Waals surface area contributed by atoms with E-state index < -0.39 is 6.10 Å². The van der Waals surface area contributed by atoms with Crippen molar-refractivity contribution in [1.82, 2.24) is 10.3 Å². The fraction of sp³-hybridized carbons (Fsp3) is 0.545. The number of methoxy groups -OCH3 is 1. The minimum Gasteiger partial charge on any atom is -0.391 e. The fourth-order valence-corrected chi connectivity index (χ4v) is 2.04. The number of nitrogens with one attached hydrogen (secondary N) is 2. The lowest BCUT2D eigenvalue weighted by Gasteiger charge is -2.09. The third-order valence-corrected chi connectivity index (χ3v) is 2.90. The Bertz CT molecular complexity index is 435. The molecule has 0 saturated carbocycles. The van der Waals surface area contributed by atoms with E-state index >= 15 is 0 Å². The zero-order valence-electron chi connectivity index (χ0n) is 10.8. The van der Waals surface area contributed by atoms with E-state index in [0.29, 0.717) is 18.1 Å². The van der Waals surface area contributed by atoms with Crippen LogP contribution in [0.4, 0.5) is 5.13 Å². The Morgan fingerprint density at radius 1 is 1.58 bits per heavy atom. The van der Waals surface area contributed by atoms with Gasteiger partial charge < -0.3 is 20.5 Å². The second-order valence-corrected chi connectivity index (χ2v) is 4.73. The number of carbonyl (C=O) groups is 2. The summed E-state index contributed by atoms with van der Waals surface area (Å²) < 4.78 is 4.77. The Balaban J connectivity index is 2.37. The molecule has 1 atom stereocenters. The van der Waals surface area contributed by atoms with Crippen LogP contribution in [-0.2, 0) is 9.53 Å². The summed E-state index contributed by atoms with van der Waals surface area (Å²) in [5.74, 6) is -0.568. The van der Waals surface area contributed by atoms with E-state index in [1.807, 2.05) is 0 Å². The van der Waals surface area contributed by atoms with Crippen molar-refractivity contribution in [3.8, 4) is 0 Å². The van der Waals surface area contributed by atoms with E-state index in [0.717, 1.165) is 0 Å². The quantitative estimate of drug-likeness (QED) is 0.666. The first-order valence-electron chi connectivity index (χ1n) is 5.71. The number of rotatable bonds is 7. The van der Waals surface area contributed by atoms with Gasteiger partial charge in [0.05, 0.1) is 12.7 Å². The van der Waals surface area contributed by atoms with Crippen molar-refractivity contribution in [2.24, 2.45) is 0 Å². The number of amides is 2. The molecule has 0 aromatic carbocycles. The van der Waals surface area contributed by atoms with Crippen LogP contribution in [-0.4, -0.2) is 48.3 Å². The number of aromatic nitrogens is 1. The summed E-state index contributed by atoms with van der Waals surface area (Å²) in [6.07, 6.45) is -0.196. The molecule has 0 spiro atoms. The number of anilines is 1. The maximum Gasteiger partial charge on any atom is 0.270 e. The molecule has 1 aromatic rings. The van der Waals surface area contributed by atoms with E-state index in [4.69, 9.17) is 4.74 Å². The van der Waals surface area contributed by atoms with Gasteiger partial charge in [-0.3, -0.25) is 9.59 Å². The number of ether oxygens (including phenoxy) is 1. The molecule has 106 valence electrons. The molecule has 1 heterocycles. The molecule has 7 nitrogen and oxygen atoms in total. The van der Waals surface area contributed by atoms with Gasteiger partial charge in [-0.05, 0) is 6.42 Å². The summed E-state index contributed by atoms with van der Waals surface area (Å²) in [5.41, 5.74) is 0.245. The zero-order valence-corrected chi connectivity index (χ0v) is 11.6. The first kappa shape index (κ1) is 15.5.